The van der Waals surface area contributed by atoms with E-state index >= 15 is 0 Å². The fraction of sp³-hybridized carbons (Fsp3) is 0.783. The first-order chi connectivity index (χ1) is 27.0. The second-order valence-corrected chi connectivity index (χ2v) is 17.5. The normalized spacial score (nSPS) is 14.0. The predicted octanol–water partition coefficient (Wildman–Crippen LogP) is 12.1. The third kappa shape index (κ3) is 41.6. The summed E-state index contributed by atoms with van der Waals surface area (Å²) in [5, 5.41) is 0. The Morgan fingerprint density at radius 1 is 0.554 bits per heavy atom. The van der Waals surface area contributed by atoms with Gasteiger partial charge in [-0.3, -0.25) is 14.2 Å². The van der Waals surface area contributed by atoms with Crippen LogP contribution in [0.25, 0.3) is 0 Å². The van der Waals surface area contributed by atoms with Crippen LogP contribution in [0.15, 0.2) is 48.6 Å². The van der Waals surface area contributed by atoms with Gasteiger partial charge in [0, 0.05) is 12.8 Å². The maximum atomic E-state index is 12.7. The van der Waals surface area contributed by atoms with Crippen LogP contribution in [0.3, 0.4) is 0 Å². The molecule has 0 saturated carbocycles. The summed E-state index contributed by atoms with van der Waals surface area (Å²) < 4.78 is 33.8. The molecule has 0 saturated heterocycles. The molecule has 0 aliphatic carbocycles. The molecule has 9 nitrogen and oxygen atoms in total. The van der Waals surface area contributed by atoms with Crippen LogP contribution < -0.4 is 4.89 Å². The van der Waals surface area contributed by atoms with E-state index in [1.165, 1.54) is 83.5 Å². The maximum absolute atomic E-state index is 12.7. The number of nitrogens with zero attached hydrogens (tertiary/aromatic N) is 1. The summed E-state index contributed by atoms with van der Waals surface area (Å²) in [4.78, 5) is 37.5. The Kier molecular flexibility index (Phi) is 37.1. The van der Waals surface area contributed by atoms with Crippen molar-refractivity contribution in [2.24, 2.45) is 0 Å². The molecule has 0 aliphatic rings. The van der Waals surface area contributed by atoms with Crippen LogP contribution >= 0.6 is 7.82 Å². The second kappa shape index (κ2) is 38.5. The summed E-state index contributed by atoms with van der Waals surface area (Å²) in [7, 11) is 1.13. The highest BCUT2D eigenvalue weighted by molar-refractivity contribution is 7.45. The number of likely N-dealkylation sites (N-methyl/N-ethyl adjacent to an activating group) is 1. The van der Waals surface area contributed by atoms with Crippen LogP contribution in [0.2, 0.25) is 0 Å². The van der Waals surface area contributed by atoms with Crippen LogP contribution in [-0.2, 0) is 32.7 Å². The van der Waals surface area contributed by atoms with E-state index in [-0.39, 0.29) is 26.1 Å². The topological polar surface area (TPSA) is 111 Å². The first-order valence-electron chi connectivity index (χ1n) is 22.3. The van der Waals surface area contributed by atoms with Gasteiger partial charge in [0.05, 0.1) is 27.7 Å². The van der Waals surface area contributed by atoms with Crippen molar-refractivity contribution in [3.8, 4) is 0 Å². The van der Waals surface area contributed by atoms with Crippen LogP contribution in [-0.4, -0.2) is 70.0 Å². The Morgan fingerprint density at radius 2 is 0.982 bits per heavy atom. The molecule has 2 atom stereocenters. The highest BCUT2D eigenvalue weighted by Crippen LogP contribution is 2.38. The molecule has 326 valence electrons. The third-order valence-electron chi connectivity index (χ3n) is 9.32. The molecule has 0 N–H and O–H groups in total. The summed E-state index contributed by atoms with van der Waals surface area (Å²) in [5.41, 5.74) is 0. The minimum absolute atomic E-state index is 0.0410. The number of esters is 2. The van der Waals surface area contributed by atoms with Gasteiger partial charge in [-0.25, -0.2) is 0 Å². The zero-order valence-electron chi connectivity index (χ0n) is 36.6. The fourth-order valence-electron chi connectivity index (χ4n) is 5.78. The summed E-state index contributed by atoms with van der Waals surface area (Å²) in [6.45, 7) is 4.14. The molecule has 0 aromatic carbocycles. The van der Waals surface area contributed by atoms with Gasteiger partial charge in [0.25, 0.3) is 7.82 Å². The molecule has 10 heteroatoms. The van der Waals surface area contributed by atoms with Crippen molar-refractivity contribution < 1.29 is 42.1 Å². The zero-order valence-corrected chi connectivity index (χ0v) is 37.5. The van der Waals surface area contributed by atoms with Crippen LogP contribution in [0.1, 0.15) is 181 Å². The molecule has 0 rings (SSSR count). The Labute approximate surface area is 343 Å². The number of unbranched alkanes of at least 4 members (excludes halogenated alkanes) is 18. The lowest BCUT2D eigenvalue weighted by Crippen LogP contribution is -2.37. The van der Waals surface area contributed by atoms with Gasteiger partial charge in [0.15, 0.2) is 6.10 Å². The summed E-state index contributed by atoms with van der Waals surface area (Å²) in [5.74, 6) is -0.906. The average Bonchev–Trinajstić information content (AvgIpc) is 3.15. The second-order valence-electron chi connectivity index (χ2n) is 16.1. The van der Waals surface area contributed by atoms with Gasteiger partial charge in [-0.05, 0) is 70.6 Å². The largest absolute Gasteiger partial charge is 0.756 e. The van der Waals surface area contributed by atoms with Crippen molar-refractivity contribution in [1.82, 2.24) is 0 Å². The molecule has 0 aromatic rings. The number of phosphoric acid groups is 1. The SMILES string of the molecule is CCCCCCCC/C=C\C/C=C\C/C=C\CCCC(=O)OC[C@H](COP(=O)([O-])OCC[N+](C)(C)C)OC(=O)CCCCCCC/C=C\CCCCCCCC. The molecular weight excluding hydrogens is 725 g/mol. The number of carbonyl (C=O) groups excluding carboxylic acids is 2. The minimum atomic E-state index is -4.64. The fourth-order valence-corrected chi connectivity index (χ4v) is 6.51. The van der Waals surface area contributed by atoms with E-state index in [1.54, 1.807) is 0 Å². The van der Waals surface area contributed by atoms with Gasteiger partial charge < -0.3 is 27.9 Å². The van der Waals surface area contributed by atoms with E-state index in [9.17, 15) is 19.0 Å². The summed E-state index contributed by atoms with van der Waals surface area (Å²) in [6.07, 6.45) is 44.3. The number of phosphoric ester groups is 1. The van der Waals surface area contributed by atoms with Gasteiger partial charge >= 0.3 is 11.9 Å². The third-order valence-corrected chi connectivity index (χ3v) is 10.3. The predicted molar refractivity (Wildman–Crippen MR) is 231 cm³/mol. The molecule has 0 amide bonds. The Balaban J connectivity index is 4.45. The first-order valence-corrected chi connectivity index (χ1v) is 23.8. The molecule has 0 aromatic heterocycles. The number of allylic oxidation sites excluding steroid dienone is 8. The average molecular weight is 810 g/mol. The highest BCUT2D eigenvalue weighted by Gasteiger charge is 2.21. The van der Waals surface area contributed by atoms with E-state index in [0.29, 0.717) is 23.9 Å². The number of rotatable bonds is 40. The summed E-state index contributed by atoms with van der Waals surface area (Å²) >= 11 is 0. The van der Waals surface area contributed by atoms with Crippen LogP contribution in [0.4, 0.5) is 0 Å². The van der Waals surface area contributed by atoms with Crippen LogP contribution in [0, 0.1) is 0 Å². The van der Waals surface area contributed by atoms with Gasteiger partial charge in [-0.1, -0.05) is 146 Å². The molecule has 0 bridgehead atoms. The summed E-state index contributed by atoms with van der Waals surface area (Å²) in [6, 6.07) is 0. The van der Waals surface area contributed by atoms with Crippen molar-refractivity contribution in [2.75, 3.05) is 47.5 Å². The molecular formula is C46H84NO8P. The monoisotopic (exact) mass is 810 g/mol. The number of quaternary nitrogens is 1. The number of carbonyl (C=O) groups is 2. The Morgan fingerprint density at radius 3 is 1.50 bits per heavy atom. The number of hydrogen-bond acceptors (Lipinski definition) is 8. The van der Waals surface area contributed by atoms with Crippen molar-refractivity contribution >= 4 is 19.8 Å². The molecule has 1 unspecified atom stereocenters. The Hall–Kier alpha value is -2.03. The first kappa shape index (κ1) is 54.0. The van der Waals surface area contributed by atoms with Gasteiger partial charge in [0.2, 0.25) is 0 Å². The van der Waals surface area contributed by atoms with E-state index in [2.05, 4.69) is 62.5 Å². The molecule has 0 fully saturated rings. The highest BCUT2D eigenvalue weighted by atomic mass is 31.2. The lowest BCUT2D eigenvalue weighted by atomic mass is 10.1. The standard InChI is InChI=1S/C46H84NO8P/c1-6-8-10-12-14-16-18-20-22-23-25-26-28-30-32-34-36-38-45(48)52-42-44(43-54-56(50,51)53-41-40-47(3,4)5)55-46(49)39-37-35-33-31-29-27-24-21-19-17-15-13-11-9-7-2/h20-22,24-26,30,32,44H,6-19,23,27-29,31,33-43H2,1-5H3/b22-20-,24-21-,26-25-,32-30-/t44-/m1/s1. The van der Waals surface area contributed by atoms with Gasteiger partial charge in [-0.15, -0.1) is 0 Å². The minimum Gasteiger partial charge on any atom is -0.756 e. The van der Waals surface area contributed by atoms with Crippen molar-refractivity contribution in [3.63, 3.8) is 0 Å². The molecule has 0 aliphatic heterocycles. The van der Waals surface area contributed by atoms with Crippen molar-refractivity contribution in [2.45, 2.75) is 187 Å². The lowest BCUT2D eigenvalue weighted by Gasteiger charge is -2.28. The van der Waals surface area contributed by atoms with E-state index in [0.717, 1.165) is 57.8 Å². The van der Waals surface area contributed by atoms with E-state index < -0.39 is 32.5 Å². The molecule has 0 spiro atoms. The quantitative estimate of drug-likeness (QED) is 0.0198. The molecule has 0 heterocycles. The number of ether oxygens (including phenoxy) is 2. The van der Waals surface area contributed by atoms with Gasteiger partial charge in [-0.2, -0.15) is 0 Å². The van der Waals surface area contributed by atoms with Crippen LogP contribution in [0.5, 0.6) is 0 Å². The molecule has 56 heavy (non-hydrogen) atoms. The van der Waals surface area contributed by atoms with Crippen molar-refractivity contribution in [3.05, 3.63) is 48.6 Å². The van der Waals surface area contributed by atoms with Gasteiger partial charge in [0.1, 0.15) is 19.8 Å². The smallest absolute Gasteiger partial charge is 0.306 e. The maximum Gasteiger partial charge on any atom is 0.306 e. The Bertz CT molecular complexity index is 1100. The number of hydrogen-bond donors (Lipinski definition) is 0. The van der Waals surface area contributed by atoms with Crippen molar-refractivity contribution in [1.29, 1.82) is 0 Å². The van der Waals surface area contributed by atoms with E-state index in [1.807, 2.05) is 21.1 Å². The lowest BCUT2D eigenvalue weighted by molar-refractivity contribution is -0.870. The zero-order chi connectivity index (χ0) is 41.4. The molecule has 0 radical (unpaired) electrons. The van der Waals surface area contributed by atoms with E-state index in [4.69, 9.17) is 18.5 Å².